The first-order chi connectivity index (χ1) is 10.8. The molecule has 3 rings (SSSR count). The van der Waals surface area contributed by atoms with Crippen molar-refractivity contribution in [2.45, 2.75) is 12.2 Å². The summed E-state index contributed by atoms with van der Waals surface area (Å²) in [4.78, 5) is 33.3. The van der Waals surface area contributed by atoms with E-state index in [1.807, 2.05) is 0 Å². The summed E-state index contributed by atoms with van der Waals surface area (Å²) in [5.74, 6) is -2.97. The first-order valence-electron chi connectivity index (χ1n) is 6.19. The highest BCUT2D eigenvalue weighted by molar-refractivity contribution is 6.01. The molecule has 0 aliphatic carbocycles. The van der Waals surface area contributed by atoms with Crippen molar-refractivity contribution in [1.82, 2.24) is 9.55 Å². The third-order valence-corrected chi connectivity index (χ3v) is 3.15. The topological polar surface area (TPSA) is 99.7 Å². The van der Waals surface area contributed by atoms with Crippen LogP contribution < -0.4 is 15.8 Å². The Hall–Kier alpha value is -3.04. The first kappa shape index (κ1) is 14.9. The Balaban J connectivity index is 2.40. The van der Waals surface area contributed by atoms with Gasteiger partial charge in [0.2, 0.25) is 0 Å². The SMILES string of the molecule is O=C([O-])C1N=c2ccc(C(F)(F)F)c(-n3ccnc3)c2=NC1=O. The van der Waals surface area contributed by atoms with Crippen LogP contribution in [-0.4, -0.2) is 27.5 Å². The second kappa shape index (κ2) is 5.00. The number of halogens is 3. The van der Waals surface area contributed by atoms with Crippen LogP contribution in [0.1, 0.15) is 5.56 Å². The van der Waals surface area contributed by atoms with E-state index in [0.717, 1.165) is 23.0 Å². The normalized spacial score (nSPS) is 17.2. The molecule has 2 heterocycles. The summed E-state index contributed by atoms with van der Waals surface area (Å²) in [6, 6.07) is -0.158. The van der Waals surface area contributed by atoms with E-state index in [9.17, 15) is 27.9 Å². The van der Waals surface area contributed by atoms with Crippen molar-refractivity contribution in [3.63, 3.8) is 0 Å². The Kier molecular flexibility index (Phi) is 3.24. The monoisotopic (exact) mass is 323 g/mol. The number of carbonyl (C=O) groups is 2. The minimum absolute atomic E-state index is 0.143. The highest BCUT2D eigenvalue weighted by atomic mass is 19.4. The molecule has 0 saturated heterocycles. The zero-order chi connectivity index (χ0) is 16.8. The molecule has 10 heteroatoms. The fourth-order valence-corrected chi connectivity index (χ4v) is 2.18. The van der Waals surface area contributed by atoms with Crippen LogP contribution in [0.25, 0.3) is 5.69 Å². The first-order valence-corrected chi connectivity index (χ1v) is 6.19. The molecule has 1 aromatic carbocycles. The van der Waals surface area contributed by atoms with Gasteiger partial charge in [-0.25, -0.2) is 9.98 Å². The van der Waals surface area contributed by atoms with Crippen molar-refractivity contribution in [1.29, 1.82) is 0 Å². The third-order valence-electron chi connectivity index (χ3n) is 3.15. The van der Waals surface area contributed by atoms with Crippen LogP contribution in [-0.2, 0) is 15.8 Å². The number of benzene rings is 1. The number of amides is 1. The zero-order valence-electron chi connectivity index (χ0n) is 11.1. The Bertz CT molecular complexity index is 919. The molecule has 2 aromatic rings. The van der Waals surface area contributed by atoms with Gasteiger partial charge >= 0.3 is 6.18 Å². The summed E-state index contributed by atoms with van der Waals surface area (Å²) in [6.07, 6.45) is -1.10. The molecule has 1 aromatic heterocycles. The van der Waals surface area contributed by atoms with Crippen molar-refractivity contribution in [3.05, 3.63) is 47.1 Å². The fourth-order valence-electron chi connectivity index (χ4n) is 2.18. The number of carboxylic acid groups (broad SMARTS) is 1. The zero-order valence-corrected chi connectivity index (χ0v) is 11.1. The van der Waals surface area contributed by atoms with Crippen molar-refractivity contribution in [3.8, 4) is 5.69 Å². The number of imidazole rings is 1. The third kappa shape index (κ3) is 2.47. The molecule has 0 spiro atoms. The van der Waals surface area contributed by atoms with E-state index < -0.39 is 35.3 Å². The van der Waals surface area contributed by atoms with Gasteiger partial charge in [-0.1, -0.05) is 0 Å². The van der Waals surface area contributed by atoms with E-state index in [-0.39, 0.29) is 10.7 Å². The summed E-state index contributed by atoms with van der Waals surface area (Å²) < 4.78 is 40.7. The standard InChI is InChI=1S/C13H7F3N4O3/c14-13(15,16)6-1-2-7-8(10(6)20-4-3-17-5-20)19-11(21)9(18-7)12(22)23/h1-5,9H,(H,22,23)/p-1. The Morgan fingerprint density at radius 2 is 2.04 bits per heavy atom. The molecular formula is C13H6F3N4O3-. The highest BCUT2D eigenvalue weighted by Crippen LogP contribution is 2.31. The number of nitrogens with zero attached hydrogens (tertiary/aromatic N) is 4. The number of rotatable bonds is 2. The lowest BCUT2D eigenvalue weighted by molar-refractivity contribution is -0.306. The van der Waals surface area contributed by atoms with E-state index in [1.54, 1.807) is 0 Å². The van der Waals surface area contributed by atoms with Crippen molar-refractivity contribution >= 4 is 11.9 Å². The number of carbonyl (C=O) groups excluding carboxylic acids is 2. The van der Waals surface area contributed by atoms with E-state index in [2.05, 4.69) is 15.0 Å². The van der Waals surface area contributed by atoms with Gasteiger partial charge in [-0.15, -0.1) is 0 Å². The molecule has 23 heavy (non-hydrogen) atoms. The minimum atomic E-state index is -4.71. The van der Waals surface area contributed by atoms with Crippen molar-refractivity contribution in [2.75, 3.05) is 0 Å². The summed E-state index contributed by atoms with van der Waals surface area (Å²) in [5.41, 5.74) is -1.49. The number of aliphatic carboxylic acids is 1. The van der Waals surface area contributed by atoms with Gasteiger partial charge in [-0.3, -0.25) is 9.79 Å². The molecule has 0 saturated carbocycles. The lowest BCUT2D eigenvalue weighted by Gasteiger charge is -2.17. The Morgan fingerprint density at radius 1 is 1.30 bits per heavy atom. The maximum Gasteiger partial charge on any atom is 0.418 e. The fraction of sp³-hybridized carbons (Fsp3) is 0.154. The average Bonchev–Trinajstić information content (AvgIpc) is 2.97. The van der Waals surface area contributed by atoms with E-state index >= 15 is 0 Å². The number of aromatic nitrogens is 2. The van der Waals surface area contributed by atoms with Crippen LogP contribution in [0.15, 0.2) is 40.8 Å². The molecule has 0 radical (unpaired) electrons. The molecule has 1 aliphatic heterocycles. The van der Waals surface area contributed by atoms with Gasteiger partial charge in [0.25, 0.3) is 5.91 Å². The van der Waals surface area contributed by atoms with Crippen molar-refractivity contribution < 1.29 is 27.9 Å². The number of alkyl halides is 3. The van der Waals surface area contributed by atoms with Gasteiger partial charge in [0.15, 0.2) is 6.04 Å². The molecule has 0 bridgehead atoms. The lowest BCUT2D eigenvalue weighted by Crippen LogP contribution is -2.47. The number of hydrogen-bond acceptors (Lipinski definition) is 5. The quantitative estimate of drug-likeness (QED) is 0.647. The summed E-state index contributed by atoms with van der Waals surface area (Å²) in [7, 11) is 0. The summed E-state index contributed by atoms with van der Waals surface area (Å²) >= 11 is 0. The van der Waals surface area contributed by atoms with Gasteiger partial charge in [-0.05, 0) is 12.1 Å². The van der Waals surface area contributed by atoms with Crippen LogP contribution in [0, 0.1) is 0 Å². The van der Waals surface area contributed by atoms with Crippen LogP contribution >= 0.6 is 0 Å². The smallest absolute Gasteiger partial charge is 0.418 e. The number of hydrogen-bond donors (Lipinski definition) is 0. The van der Waals surface area contributed by atoms with Gasteiger partial charge in [0.05, 0.1) is 28.9 Å². The molecular weight excluding hydrogens is 317 g/mol. The van der Waals surface area contributed by atoms with Crippen LogP contribution in [0.4, 0.5) is 13.2 Å². The van der Waals surface area contributed by atoms with Crippen molar-refractivity contribution in [2.24, 2.45) is 9.98 Å². The second-order valence-corrected chi connectivity index (χ2v) is 4.60. The van der Waals surface area contributed by atoms with Crippen LogP contribution in [0.3, 0.4) is 0 Å². The summed E-state index contributed by atoms with van der Waals surface area (Å²) in [6.45, 7) is 0. The number of carboxylic acids is 1. The summed E-state index contributed by atoms with van der Waals surface area (Å²) in [5, 5.41) is 10.3. The van der Waals surface area contributed by atoms with Gasteiger partial charge in [0, 0.05) is 12.4 Å². The predicted molar refractivity (Wildman–Crippen MR) is 64.7 cm³/mol. The lowest BCUT2D eigenvalue weighted by atomic mass is 10.1. The number of fused-ring (bicyclic) bond motifs is 1. The highest BCUT2D eigenvalue weighted by Gasteiger charge is 2.36. The van der Waals surface area contributed by atoms with E-state index in [0.29, 0.717) is 0 Å². The maximum atomic E-state index is 13.2. The largest absolute Gasteiger partial charge is 0.547 e. The average molecular weight is 323 g/mol. The van der Waals surface area contributed by atoms with Gasteiger partial charge in [0.1, 0.15) is 5.36 Å². The molecule has 1 amide bonds. The molecule has 0 N–H and O–H groups in total. The second-order valence-electron chi connectivity index (χ2n) is 4.60. The molecule has 118 valence electrons. The molecule has 1 unspecified atom stereocenters. The maximum absolute atomic E-state index is 13.2. The van der Waals surface area contributed by atoms with Crippen LogP contribution in [0.5, 0.6) is 0 Å². The van der Waals surface area contributed by atoms with Crippen LogP contribution in [0.2, 0.25) is 0 Å². The van der Waals surface area contributed by atoms with Gasteiger partial charge < -0.3 is 14.5 Å². The van der Waals surface area contributed by atoms with E-state index in [4.69, 9.17) is 0 Å². The molecule has 1 aliphatic rings. The van der Waals surface area contributed by atoms with E-state index in [1.165, 1.54) is 12.4 Å². The molecule has 7 nitrogen and oxygen atoms in total. The predicted octanol–water partition coefficient (Wildman–Crippen LogP) is -1.21. The van der Waals surface area contributed by atoms with Gasteiger partial charge in [-0.2, -0.15) is 13.2 Å². The minimum Gasteiger partial charge on any atom is -0.547 e. The molecule has 1 atom stereocenters. The Morgan fingerprint density at radius 3 is 2.61 bits per heavy atom. The Labute approximate surface area is 125 Å². The molecule has 0 fully saturated rings.